The van der Waals surface area contributed by atoms with Crippen LogP contribution in [0.5, 0.6) is 5.75 Å². The molecule has 4 atom stereocenters. The first-order chi connectivity index (χ1) is 14.4. The highest BCUT2D eigenvalue weighted by Gasteiger charge is 2.79. The van der Waals surface area contributed by atoms with Gasteiger partial charge in [-0.15, -0.1) is 0 Å². The molecule has 4 unspecified atom stereocenters. The van der Waals surface area contributed by atoms with E-state index in [1.807, 2.05) is 18.2 Å². The van der Waals surface area contributed by atoms with Crippen LogP contribution in [-0.2, 0) is 9.47 Å². The number of ether oxygens (including phenoxy) is 3. The minimum atomic E-state index is -2.03. The Hall–Kier alpha value is -3.86. The van der Waals surface area contributed by atoms with Gasteiger partial charge in [0.15, 0.2) is 5.41 Å². The van der Waals surface area contributed by atoms with Gasteiger partial charge in [0.05, 0.1) is 31.2 Å². The van der Waals surface area contributed by atoms with E-state index in [4.69, 9.17) is 19.6 Å². The van der Waals surface area contributed by atoms with Crippen LogP contribution in [0.25, 0.3) is 0 Å². The van der Waals surface area contributed by atoms with E-state index >= 15 is 0 Å². The maximum atomic E-state index is 10.4. The van der Waals surface area contributed by atoms with Gasteiger partial charge in [-0.1, -0.05) is 42.5 Å². The van der Waals surface area contributed by atoms with Crippen molar-refractivity contribution in [3.63, 3.8) is 0 Å². The number of rotatable bonds is 3. The lowest BCUT2D eigenvalue weighted by atomic mass is 9.52. The Balaban J connectivity index is 2.03. The van der Waals surface area contributed by atoms with Gasteiger partial charge in [-0.3, -0.25) is 5.41 Å². The molecule has 0 spiro atoms. The topological polar surface area (TPSA) is 123 Å². The quantitative estimate of drug-likeness (QED) is 0.838. The first kappa shape index (κ1) is 19.5. The Morgan fingerprint density at radius 2 is 1.63 bits per heavy atom. The molecule has 2 fully saturated rings. The average molecular weight is 398 g/mol. The number of fused-ring (bicyclic) bond motifs is 2. The van der Waals surface area contributed by atoms with Crippen LogP contribution in [0.3, 0.4) is 0 Å². The molecule has 7 nitrogen and oxygen atoms in total. The van der Waals surface area contributed by atoms with Crippen molar-refractivity contribution in [2.45, 2.75) is 24.7 Å². The molecule has 0 aromatic heterocycles. The minimum Gasteiger partial charge on any atom is -0.497 e. The molecule has 0 aliphatic carbocycles. The van der Waals surface area contributed by atoms with Gasteiger partial charge >= 0.3 is 0 Å². The van der Waals surface area contributed by atoms with Gasteiger partial charge < -0.3 is 14.2 Å². The molecule has 2 heterocycles. The second-order valence-corrected chi connectivity index (χ2v) is 7.52. The fourth-order valence-corrected chi connectivity index (χ4v) is 4.74. The molecule has 0 amide bonds. The summed E-state index contributed by atoms with van der Waals surface area (Å²) in [7, 11) is 1.51. The molecule has 2 aliphatic heterocycles. The molecule has 7 heteroatoms. The Morgan fingerprint density at radius 3 is 2.23 bits per heavy atom. The maximum Gasteiger partial charge on any atom is 0.218 e. The molecular formula is C23H18N4O3. The van der Waals surface area contributed by atoms with Crippen molar-refractivity contribution in [3.8, 4) is 24.0 Å². The Bertz CT molecular complexity index is 1130. The van der Waals surface area contributed by atoms with Gasteiger partial charge in [0.25, 0.3) is 0 Å². The highest BCUT2D eigenvalue weighted by Crippen LogP contribution is 2.69. The summed E-state index contributed by atoms with van der Waals surface area (Å²) in [6.45, 7) is 1.64. The SMILES string of the molecule is COc1cccc(C2OC3(C)OC(=N)C(C#N)(C3c3ccccc3)C2(C#N)C#N)c1. The van der Waals surface area contributed by atoms with Crippen LogP contribution >= 0.6 is 0 Å². The van der Waals surface area contributed by atoms with Gasteiger partial charge in [0.1, 0.15) is 11.9 Å². The predicted molar refractivity (Wildman–Crippen MR) is 105 cm³/mol. The van der Waals surface area contributed by atoms with E-state index in [0.29, 0.717) is 16.9 Å². The van der Waals surface area contributed by atoms with Crippen LogP contribution in [0.2, 0.25) is 0 Å². The van der Waals surface area contributed by atoms with Crippen LogP contribution in [0.4, 0.5) is 0 Å². The summed E-state index contributed by atoms with van der Waals surface area (Å²) < 4.78 is 17.4. The fraction of sp³-hybridized carbons (Fsp3) is 0.304. The maximum absolute atomic E-state index is 10.4. The van der Waals surface area contributed by atoms with Gasteiger partial charge in [0, 0.05) is 6.92 Å². The Kier molecular flexibility index (Phi) is 4.28. The average Bonchev–Trinajstić information content (AvgIpc) is 2.97. The molecule has 4 rings (SSSR count). The van der Waals surface area contributed by atoms with E-state index in [9.17, 15) is 15.8 Å². The van der Waals surface area contributed by atoms with Crippen molar-refractivity contribution in [2.75, 3.05) is 7.11 Å². The molecule has 2 aromatic rings. The summed E-state index contributed by atoms with van der Waals surface area (Å²) in [5.74, 6) is -2.18. The summed E-state index contributed by atoms with van der Waals surface area (Å²) >= 11 is 0. The van der Waals surface area contributed by atoms with E-state index in [0.717, 1.165) is 0 Å². The van der Waals surface area contributed by atoms with Crippen LogP contribution in [-0.4, -0.2) is 18.8 Å². The molecule has 148 valence electrons. The largest absolute Gasteiger partial charge is 0.497 e. The van der Waals surface area contributed by atoms with E-state index in [2.05, 4.69) is 6.07 Å². The smallest absolute Gasteiger partial charge is 0.218 e. The van der Waals surface area contributed by atoms with Gasteiger partial charge in [-0.05, 0) is 23.3 Å². The second-order valence-electron chi connectivity index (χ2n) is 7.52. The molecule has 2 saturated heterocycles. The third-order valence-electron chi connectivity index (χ3n) is 6.05. The first-order valence-corrected chi connectivity index (χ1v) is 9.31. The molecule has 30 heavy (non-hydrogen) atoms. The first-order valence-electron chi connectivity index (χ1n) is 9.31. The normalized spacial score (nSPS) is 31.0. The van der Waals surface area contributed by atoms with E-state index < -0.39 is 34.5 Å². The van der Waals surface area contributed by atoms with Crippen LogP contribution in [0, 0.1) is 50.2 Å². The zero-order valence-electron chi connectivity index (χ0n) is 16.4. The summed E-state index contributed by atoms with van der Waals surface area (Å²) in [6, 6.07) is 22.0. The number of nitrogens with one attached hydrogen (secondary N) is 1. The summed E-state index contributed by atoms with van der Waals surface area (Å²) in [5.41, 5.74) is -2.74. The number of hydrogen-bond donors (Lipinski definition) is 1. The van der Waals surface area contributed by atoms with Crippen molar-refractivity contribution >= 4 is 5.90 Å². The lowest BCUT2D eigenvalue weighted by Gasteiger charge is -2.48. The number of nitriles is 3. The van der Waals surface area contributed by atoms with Gasteiger partial charge in [-0.2, -0.15) is 15.8 Å². The van der Waals surface area contributed by atoms with Crippen molar-refractivity contribution in [1.29, 1.82) is 21.2 Å². The molecule has 0 saturated carbocycles. The standard InChI is InChI=1S/C23H18N4O3/c1-21-18(15-7-4-3-5-8-15)23(14-26,20(27)30-21)22(12-24,13-25)19(29-21)16-9-6-10-17(11-16)28-2/h3-11,18-19,27H,1-2H3. The third kappa shape index (κ3) is 2.23. The van der Waals surface area contributed by atoms with Crippen molar-refractivity contribution in [2.24, 2.45) is 10.8 Å². The lowest BCUT2D eigenvalue weighted by Crippen LogP contribution is -2.57. The van der Waals surface area contributed by atoms with Crippen LogP contribution in [0.15, 0.2) is 54.6 Å². The molecule has 2 bridgehead atoms. The summed E-state index contributed by atoms with van der Waals surface area (Å²) in [4.78, 5) is 0. The Morgan fingerprint density at radius 1 is 0.967 bits per heavy atom. The minimum absolute atomic E-state index is 0.435. The number of benzene rings is 2. The molecule has 2 aliphatic rings. The van der Waals surface area contributed by atoms with Gasteiger partial charge in [-0.25, -0.2) is 0 Å². The molecule has 0 radical (unpaired) electrons. The van der Waals surface area contributed by atoms with Gasteiger partial charge in [0.2, 0.25) is 17.1 Å². The third-order valence-corrected chi connectivity index (χ3v) is 6.05. The second kappa shape index (κ2) is 6.59. The van der Waals surface area contributed by atoms with E-state index in [1.165, 1.54) is 7.11 Å². The number of hydrogen-bond acceptors (Lipinski definition) is 7. The molecule has 1 N–H and O–H groups in total. The number of nitrogens with zero attached hydrogens (tertiary/aromatic N) is 3. The highest BCUT2D eigenvalue weighted by molar-refractivity contribution is 5.90. The van der Waals surface area contributed by atoms with Crippen molar-refractivity contribution in [1.82, 2.24) is 0 Å². The highest BCUT2D eigenvalue weighted by atomic mass is 16.7. The van der Waals surface area contributed by atoms with Crippen LogP contribution < -0.4 is 4.74 Å². The van der Waals surface area contributed by atoms with Crippen LogP contribution in [0.1, 0.15) is 30.1 Å². The van der Waals surface area contributed by atoms with E-state index in [-0.39, 0.29) is 0 Å². The molecular weight excluding hydrogens is 380 g/mol. The zero-order valence-corrected chi connectivity index (χ0v) is 16.4. The predicted octanol–water partition coefficient (Wildman–Crippen LogP) is 3.82. The number of methoxy groups -OCH3 is 1. The van der Waals surface area contributed by atoms with Crippen molar-refractivity contribution in [3.05, 3.63) is 65.7 Å². The summed E-state index contributed by atoms with van der Waals surface area (Å²) in [5, 5.41) is 39.6. The Labute approximate surface area is 174 Å². The zero-order chi connectivity index (χ0) is 21.6. The monoisotopic (exact) mass is 398 g/mol. The lowest BCUT2D eigenvalue weighted by molar-refractivity contribution is -0.253. The molecule has 2 aromatic carbocycles. The van der Waals surface area contributed by atoms with Crippen molar-refractivity contribution < 1.29 is 14.2 Å². The summed E-state index contributed by atoms with van der Waals surface area (Å²) in [6.07, 6.45) is -1.13. The van der Waals surface area contributed by atoms with E-state index in [1.54, 1.807) is 55.5 Å². The fourth-order valence-electron chi connectivity index (χ4n) is 4.74.